The number of carbonyl (C=O) groups excluding carboxylic acids is 1. The van der Waals surface area contributed by atoms with Crippen LogP contribution in [0.1, 0.15) is 12.0 Å². The maximum Gasteiger partial charge on any atom is 0.306 e. The molecule has 0 saturated carbocycles. The van der Waals surface area contributed by atoms with E-state index in [1.807, 2.05) is 0 Å². The summed E-state index contributed by atoms with van der Waals surface area (Å²) in [5.41, 5.74) is 7.89. The fourth-order valence-electron chi connectivity index (χ4n) is 2.15. The maximum absolute atomic E-state index is 12.2. The summed E-state index contributed by atoms with van der Waals surface area (Å²) in [6.07, 6.45) is 0.451. The second kappa shape index (κ2) is 5.08. The van der Waals surface area contributed by atoms with Crippen molar-refractivity contribution in [2.24, 2.45) is 0 Å². The molecule has 0 saturated heterocycles. The number of rotatable bonds is 4. The zero-order valence-corrected chi connectivity index (χ0v) is 11.4. The van der Waals surface area contributed by atoms with Crippen LogP contribution in [0.4, 0.5) is 11.4 Å². The average Bonchev–Trinajstić information content (AvgIpc) is 2.82. The van der Waals surface area contributed by atoms with Crippen molar-refractivity contribution in [3.8, 4) is 0 Å². The molecular formula is C12H16N2O4S. The van der Waals surface area contributed by atoms with Crippen molar-refractivity contribution < 1.29 is 17.9 Å². The number of nitrogens with two attached hydrogens (primary N) is 1. The Morgan fingerprint density at radius 3 is 2.89 bits per heavy atom. The van der Waals surface area contributed by atoms with E-state index < -0.39 is 16.0 Å². The van der Waals surface area contributed by atoms with Crippen LogP contribution in [0.3, 0.4) is 0 Å². The summed E-state index contributed by atoms with van der Waals surface area (Å²) in [6.45, 7) is 0.368. The van der Waals surface area contributed by atoms with Crippen LogP contribution >= 0.6 is 0 Å². The van der Waals surface area contributed by atoms with Crippen LogP contribution < -0.4 is 10.0 Å². The smallest absolute Gasteiger partial charge is 0.306 e. The van der Waals surface area contributed by atoms with Gasteiger partial charge in [0.15, 0.2) is 0 Å². The quantitative estimate of drug-likeness (QED) is 0.643. The number of sulfonamides is 1. The van der Waals surface area contributed by atoms with E-state index in [9.17, 15) is 13.2 Å². The monoisotopic (exact) mass is 284 g/mol. The zero-order chi connectivity index (χ0) is 14.0. The maximum atomic E-state index is 12.2. The third-order valence-electron chi connectivity index (χ3n) is 3.15. The van der Waals surface area contributed by atoms with Crippen molar-refractivity contribution in [2.75, 3.05) is 29.4 Å². The van der Waals surface area contributed by atoms with Crippen LogP contribution in [-0.4, -0.2) is 33.8 Å². The van der Waals surface area contributed by atoms with Gasteiger partial charge in [-0.2, -0.15) is 0 Å². The third kappa shape index (κ3) is 2.65. The van der Waals surface area contributed by atoms with E-state index in [4.69, 9.17) is 5.73 Å². The molecule has 7 heteroatoms. The van der Waals surface area contributed by atoms with Gasteiger partial charge in [-0.3, -0.25) is 9.10 Å². The van der Waals surface area contributed by atoms with Gasteiger partial charge in [0.05, 0.1) is 25.0 Å². The molecule has 0 unspecified atom stereocenters. The number of nitrogen functional groups attached to an aromatic ring is 1. The van der Waals surface area contributed by atoms with Gasteiger partial charge in [-0.25, -0.2) is 8.42 Å². The topological polar surface area (TPSA) is 89.7 Å². The van der Waals surface area contributed by atoms with Crippen molar-refractivity contribution in [1.82, 2.24) is 0 Å². The lowest BCUT2D eigenvalue weighted by atomic mass is 10.1. The lowest BCUT2D eigenvalue weighted by Crippen LogP contribution is -2.32. The molecule has 6 nitrogen and oxygen atoms in total. The van der Waals surface area contributed by atoms with Crippen LogP contribution in [0, 0.1) is 0 Å². The highest BCUT2D eigenvalue weighted by Gasteiger charge is 2.30. The molecule has 0 fully saturated rings. The van der Waals surface area contributed by atoms with E-state index in [1.54, 1.807) is 18.2 Å². The molecule has 0 atom stereocenters. The minimum atomic E-state index is -3.52. The first-order valence-electron chi connectivity index (χ1n) is 5.90. The summed E-state index contributed by atoms with van der Waals surface area (Å²) in [5.74, 6) is -0.788. The van der Waals surface area contributed by atoms with E-state index in [1.165, 1.54) is 11.4 Å². The fourth-order valence-corrected chi connectivity index (χ4v) is 3.63. The van der Waals surface area contributed by atoms with Crippen molar-refractivity contribution in [3.05, 3.63) is 23.8 Å². The summed E-state index contributed by atoms with van der Waals surface area (Å²) in [5, 5.41) is 0. The van der Waals surface area contributed by atoms with Gasteiger partial charge >= 0.3 is 5.97 Å². The molecule has 2 rings (SSSR count). The third-order valence-corrected chi connectivity index (χ3v) is 4.92. The lowest BCUT2D eigenvalue weighted by molar-refractivity contribution is -0.140. The van der Waals surface area contributed by atoms with Crippen LogP contribution in [0.15, 0.2) is 18.2 Å². The lowest BCUT2D eigenvalue weighted by Gasteiger charge is -2.19. The molecule has 0 bridgehead atoms. The molecule has 0 spiro atoms. The van der Waals surface area contributed by atoms with Gasteiger partial charge in [-0.15, -0.1) is 0 Å². The number of anilines is 2. The number of hydrogen-bond acceptors (Lipinski definition) is 5. The number of hydrogen-bond donors (Lipinski definition) is 1. The fraction of sp³-hybridized carbons (Fsp3) is 0.417. The van der Waals surface area contributed by atoms with E-state index in [0.29, 0.717) is 24.3 Å². The molecule has 0 amide bonds. The molecular weight excluding hydrogens is 268 g/mol. The number of ether oxygens (including phenoxy) is 1. The summed E-state index contributed by atoms with van der Waals surface area (Å²) in [6, 6.07) is 5.21. The standard InChI is InChI=1S/C12H16N2O4S/c1-18-12(15)6-8-19(16,17)14-7-5-9-10(13)3-2-4-11(9)14/h2-4H,5-8,13H2,1H3. The molecule has 104 valence electrons. The summed E-state index contributed by atoms with van der Waals surface area (Å²) >= 11 is 0. The van der Waals surface area contributed by atoms with Crippen molar-refractivity contribution >= 4 is 27.4 Å². The number of esters is 1. The number of nitrogens with zero attached hydrogens (tertiary/aromatic N) is 1. The zero-order valence-electron chi connectivity index (χ0n) is 10.6. The van der Waals surface area contributed by atoms with E-state index in [-0.39, 0.29) is 12.2 Å². The van der Waals surface area contributed by atoms with Gasteiger partial charge in [-0.1, -0.05) is 6.07 Å². The largest absolute Gasteiger partial charge is 0.469 e. The average molecular weight is 284 g/mol. The van der Waals surface area contributed by atoms with Gasteiger partial charge in [0.2, 0.25) is 10.0 Å². The number of carbonyl (C=O) groups is 1. The van der Waals surface area contributed by atoms with Crippen LogP contribution in [0.2, 0.25) is 0 Å². The first kappa shape index (κ1) is 13.7. The number of methoxy groups -OCH3 is 1. The molecule has 1 aliphatic heterocycles. The molecule has 1 aromatic carbocycles. The van der Waals surface area contributed by atoms with E-state index in [0.717, 1.165) is 5.56 Å². The normalized spacial score (nSPS) is 14.3. The SMILES string of the molecule is COC(=O)CCS(=O)(=O)N1CCc2c(N)cccc21. The highest BCUT2D eigenvalue weighted by molar-refractivity contribution is 7.92. The van der Waals surface area contributed by atoms with Crippen molar-refractivity contribution in [2.45, 2.75) is 12.8 Å². The second-order valence-electron chi connectivity index (χ2n) is 4.31. The van der Waals surface area contributed by atoms with Gasteiger partial charge in [0.25, 0.3) is 0 Å². The second-order valence-corrected chi connectivity index (χ2v) is 6.32. The highest BCUT2D eigenvalue weighted by atomic mass is 32.2. The molecule has 1 aromatic rings. The predicted octanol–water partition coefficient (Wildman–Crippen LogP) is 0.524. The molecule has 0 aliphatic carbocycles. The Morgan fingerprint density at radius 1 is 1.47 bits per heavy atom. The molecule has 19 heavy (non-hydrogen) atoms. The highest BCUT2D eigenvalue weighted by Crippen LogP contribution is 2.34. The van der Waals surface area contributed by atoms with E-state index >= 15 is 0 Å². The summed E-state index contributed by atoms with van der Waals surface area (Å²) in [4.78, 5) is 11.0. The summed E-state index contributed by atoms with van der Waals surface area (Å²) in [7, 11) is -2.28. The Balaban J connectivity index is 2.21. The van der Waals surface area contributed by atoms with Crippen molar-refractivity contribution in [1.29, 1.82) is 0 Å². The van der Waals surface area contributed by atoms with Crippen LogP contribution in [-0.2, 0) is 26.0 Å². The Hall–Kier alpha value is -1.76. The van der Waals surface area contributed by atoms with Gasteiger partial charge in [-0.05, 0) is 18.6 Å². The Morgan fingerprint density at radius 2 is 2.21 bits per heavy atom. The molecule has 1 heterocycles. The van der Waals surface area contributed by atoms with E-state index in [2.05, 4.69) is 4.74 Å². The Kier molecular flexibility index (Phi) is 3.66. The van der Waals surface area contributed by atoms with Crippen molar-refractivity contribution in [3.63, 3.8) is 0 Å². The van der Waals surface area contributed by atoms with Gasteiger partial charge in [0, 0.05) is 17.8 Å². The molecule has 0 aromatic heterocycles. The van der Waals surface area contributed by atoms with Gasteiger partial charge < -0.3 is 10.5 Å². The molecule has 2 N–H and O–H groups in total. The molecule has 1 aliphatic rings. The minimum Gasteiger partial charge on any atom is -0.469 e. The minimum absolute atomic E-state index is 0.146. The Labute approximate surface area is 112 Å². The number of fused-ring (bicyclic) bond motifs is 1. The first-order chi connectivity index (χ1) is 8.95. The predicted molar refractivity (Wildman–Crippen MR) is 72.3 cm³/mol. The van der Waals surface area contributed by atoms with Crippen LogP contribution in [0.25, 0.3) is 0 Å². The van der Waals surface area contributed by atoms with Crippen LogP contribution in [0.5, 0.6) is 0 Å². The number of benzene rings is 1. The first-order valence-corrected chi connectivity index (χ1v) is 7.51. The Bertz CT molecular complexity index is 598. The summed E-state index contributed by atoms with van der Waals surface area (Å²) < 4.78 is 30.2. The van der Waals surface area contributed by atoms with Gasteiger partial charge in [0.1, 0.15) is 0 Å². The molecule has 0 radical (unpaired) electrons.